The summed E-state index contributed by atoms with van der Waals surface area (Å²) in [5, 5.41) is 13.0. The molecule has 0 amide bonds. The van der Waals surface area contributed by atoms with E-state index in [1.807, 2.05) is 36.6 Å². The third kappa shape index (κ3) is 3.37. The zero-order valence-electron chi connectivity index (χ0n) is 10.4. The molecule has 0 bridgehead atoms. The lowest BCUT2D eigenvalue weighted by atomic mass is 10.1. The van der Waals surface area contributed by atoms with Gasteiger partial charge >= 0.3 is 0 Å². The molecule has 0 saturated carbocycles. The van der Waals surface area contributed by atoms with Gasteiger partial charge in [0.25, 0.3) is 0 Å². The summed E-state index contributed by atoms with van der Waals surface area (Å²) in [6.07, 6.45) is 1.89. The van der Waals surface area contributed by atoms with Crippen LogP contribution in [0.15, 0.2) is 35.5 Å². The van der Waals surface area contributed by atoms with E-state index < -0.39 is 0 Å². The van der Waals surface area contributed by atoms with Gasteiger partial charge < -0.3 is 10.4 Å². The summed E-state index contributed by atoms with van der Waals surface area (Å²) in [6.45, 7) is 0.450. The monoisotopic (exact) mass is 295 g/mol. The summed E-state index contributed by atoms with van der Waals surface area (Å²) in [6, 6.07) is 9.71. The van der Waals surface area contributed by atoms with Gasteiger partial charge in [-0.15, -0.1) is 0 Å². The van der Waals surface area contributed by atoms with E-state index in [1.165, 1.54) is 11.8 Å². The Balaban J connectivity index is 2.51. The summed E-state index contributed by atoms with van der Waals surface area (Å²) in [5.41, 5.74) is 1.70. The fourth-order valence-electron chi connectivity index (χ4n) is 1.67. The zero-order valence-corrected chi connectivity index (χ0v) is 12.0. The maximum Gasteiger partial charge on any atom is 0.190 e. The summed E-state index contributed by atoms with van der Waals surface area (Å²) < 4.78 is 0. The number of hydrogen-bond donors (Lipinski definition) is 2. The lowest BCUT2D eigenvalue weighted by Gasteiger charge is -2.12. The molecular formula is C13H14ClN3OS. The highest BCUT2D eigenvalue weighted by Gasteiger charge is 2.14. The van der Waals surface area contributed by atoms with Crippen molar-refractivity contribution in [1.29, 1.82) is 0 Å². The molecule has 2 rings (SSSR count). The number of aromatic nitrogens is 2. The number of aliphatic hydroxyl groups excluding tert-OH is 1. The van der Waals surface area contributed by atoms with E-state index in [2.05, 4.69) is 15.3 Å². The summed E-state index contributed by atoms with van der Waals surface area (Å²) in [4.78, 5) is 8.66. The summed E-state index contributed by atoms with van der Waals surface area (Å²) >= 11 is 7.69. The molecule has 0 fully saturated rings. The molecule has 1 heterocycles. The van der Waals surface area contributed by atoms with Gasteiger partial charge in [0.1, 0.15) is 11.0 Å². The van der Waals surface area contributed by atoms with Crippen molar-refractivity contribution < 1.29 is 5.11 Å². The average molecular weight is 296 g/mol. The fraction of sp³-hybridized carbons (Fsp3) is 0.231. The number of hydrogen-bond acceptors (Lipinski definition) is 5. The number of anilines is 1. The molecule has 0 aliphatic heterocycles. The molecule has 0 aliphatic carbocycles. The van der Waals surface area contributed by atoms with Crippen LogP contribution in [0.3, 0.4) is 0 Å². The van der Waals surface area contributed by atoms with Crippen molar-refractivity contribution in [1.82, 2.24) is 9.97 Å². The molecule has 2 N–H and O–H groups in total. The number of rotatable bonds is 5. The normalized spacial score (nSPS) is 10.5. The largest absolute Gasteiger partial charge is 0.395 e. The Hall–Kier alpha value is -1.30. The second-order valence-corrected chi connectivity index (χ2v) is 4.87. The molecule has 0 unspecified atom stereocenters. The van der Waals surface area contributed by atoms with Crippen LogP contribution in [0.25, 0.3) is 11.1 Å². The first kappa shape index (κ1) is 14.1. The van der Waals surface area contributed by atoms with Crippen molar-refractivity contribution in [2.24, 2.45) is 0 Å². The maximum atomic E-state index is 8.94. The Labute approximate surface area is 121 Å². The number of halogens is 1. The SMILES string of the molecule is CSc1nc(Cl)c(-c2ccccc2)c(NCCO)n1. The molecule has 1 aromatic carbocycles. The van der Waals surface area contributed by atoms with Crippen LogP contribution >= 0.6 is 23.4 Å². The average Bonchev–Trinajstić information content (AvgIpc) is 2.45. The highest BCUT2D eigenvalue weighted by Crippen LogP contribution is 2.33. The van der Waals surface area contributed by atoms with E-state index in [-0.39, 0.29) is 6.61 Å². The van der Waals surface area contributed by atoms with Crippen LogP contribution in [0.4, 0.5) is 5.82 Å². The van der Waals surface area contributed by atoms with Crippen molar-refractivity contribution in [3.8, 4) is 11.1 Å². The van der Waals surface area contributed by atoms with Gasteiger partial charge in [-0.05, 0) is 11.8 Å². The molecule has 0 aliphatic rings. The Morgan fingerprint density at radius 2 is 2.00 bits per heavy atom. The van der Waals surface area contributed by atoms with E-state index in [9.17, 15) is 0 Å². The van der Waals surface area contributed by atoms with Crippen molar-refractivity contribution in [2.75, 3.05) is 24.7 Å². The molecule has 0 spiro atoms. The summed E-state index contributed by atoms with van der Waals surface area (Å²) in [5.74, 6) is 0.643. The van der Waals surface area contributed by atoms with Gasteiger partial charge in [0.05, 0.1) is 12.2 Å². The van der Waals surface area contributed by atoms with Gasteiger partial charge in [-0.1, -0.05) is 53.7 Å². The number of thioether (sulfide) groups is 1. The standard InChI is InChI=1S/C13H14ClN3OS/c1-19-13-16-11(14)10(9-5-3-2-4-6-9)12(17-13)15-7-8-18/h2-6,18H,7-8H2,1H3,(H,15,16,17). The Morgan fingerprint density at radius 3 is 2.63 bits per heavy atom. The topological polar surface area (TPSA) is 58.0 Å². The van der Waals surface area contributed by atoms with Crippen LogP contribution in [0.5, 0.6) is 0 Å². The van der Waals surface area contributed by atoms with E-state index in [0.717, 1.165) is 11.1 Å². The minimum Gasteiger partial charge on any atom is -0.395 e. The van der Waals surface area contributed by atoms with Crippen LogP contribution < -0.4 is 5.32 Å². The molecule has 0 radical (unpaired) electrons. The smallest absolute Gasteiger partial charge is 0.190 e. The Kier molecular flexibility index (Phi) is 5.01. The number of nitrogens with zero attached hydrogens (tertiary/aromatic N) is 2. The van der Waals surface area contributed by atoms with Crippen LogP contribution in [0.2, 0.25) is 5.15 Å². The van der Waals surface area contributed by atoms with Gasteiger partial charge in [0.15, 0.2) is 5.16 Å². The lowest BCUT2D eigenvalue weighted by molar-refractivity contribution is 0.311. The number of nitrogens with one attached hydrogen (secondary N) is 1. The molecule has 0 saturated heterocycles. The van der Waals surface area contributed by atoms with Crippen LogP contribution in [0.1, 0.15) is 0 Å². The van der Waals surface area contributed by atoms with Crippen LogP contribution in [-0.2, 0) is 0 Å². The predicted molar refractivity (Wildman–Crippen MR) is 79.8 cm³/mol. The van der Waals surface area contributed by atoms with Gasteiger partial charge in [-0.3, -0.25) is 0 Å². The molecule has 2 aromatic rings. The lowest BCUT2D eigenvalue weighted by Crippen LogP contribution is -2.09. The fourth-order valence-corrected chi connectivity index (χ4v) is 2.36. The second kappa shape index (κ2) is 6.75. The van der Waals surface area contributed by atoms with E-state index in [4.69, 9.17) is 16.7 Å². The first-order valence-corrected chi connectivity index (χ1v) is 7.38. The van der Waals surface area contributed by atoms with Gasteiger partial charge in [-0.2, -0.15) is 0 Å². The third-order valence-corrected chi connectivity index (χ3v) is 3.31. The molecular weight excluding hydrogens is 282 g/mol. The Morgan fingerprint density at radius 1 is 1.26 bits per heavy atom. The highest BCUT2D eigenvalue weighted by molar-refractivity contribution is 7.98. The van der Waals surface area contributed by atoms with E-state index in [0.29, 0.717) is 22.7 Å². The molecule has 100 valence electrons. The molecule has 19 heavy (non-hydrogen) atoms. The first-order valence-electron chi connectivity index (χ1n) is 5.78. The van der Waals surface area contributed by atoms with Crippen molar-refractivity contribution in [3.05, 3.63) is 35.5 Å². The second-order valence-electron chi connectivity index (χ2n) is 3.74. The van der Waals surface area contributed by atoms with Gasteiger partial charge in [0, 0.05) is 6.54 Å². The van der Waals surface area contributed by atoms with E-state index in [1.54, 1.807) is 0 Å². The maximum absolute atomic E-state index is 8.94. The minimum atomic E-state index is 0.0322. The van der Waals surface area contributed by atoms with Crippen molar-refractivity contribution >= 4 is 29.2 Å². The molecule has 0 atom stereocenters. The van der Waals surface area contributed by atoms with Crippen molar-refractivity contribution in [3.63, 3.8) is 0 Å². The quantitative estimate of drug-likeness (QED) is 0.504. The van der Waals surface area contributed by atoms with Crippen LogP contribution in [0, 0.1) is 0 Å². The third-order valence-electron chi connectivity index (χ3n) is 2.49. The predicted octanol–water partition coefficient (Wildman–Crippen LogP) is 2.92. The number of benzene rings is 1. The first-order chi connectivity index (χ1) is 9.26. The zero-order chi connectivity index (χ0) is 13.7. The number of aliphatic hydroxyl groups is 1. The van der Waals surface area contributed by atoms with Gasteiger partial charge in [0.2, 0.25) is 0 Å². The van der Waals surface area contributed by atoms with Crippen LogP contribution in [-0.4, -0.2) is 34.5 Å². The highest BCUT2D eigenvalue weighted by atomic mass is 35.5. The molecule has 1 aromatic heterocycles. The molecule has 4 nitrogen and oxygen atoms in total. The summed E-state index contributed by atoms with van der Waals surface area (Å²) in [7, 11) is 0. The van der Waals surface area contributed by atoms with E-state index >= 15 is 0 Å². The Bertz CT molecular complexity index is 551. The van der Waals surface area contributed by atoms with Gasteiger partial charge in [-0.25, -0.2) is 9.97 Å². The molecule has 6 heteroatoms. The minimum absolute atomic E-state index is 0.0322. The van der Waals surface area contributed by atoms with Crippen molar-refractivity contribution in [2.45, 2.75) is 5.16 Å².